The van der Waals surface area contributed by atoms with Crippen molar-refractivity contribution in [2.75, 3.05) is 45.9 Å². The van der Waals surface area contributed by atoms with Gasteiger partial charge in [0.25, 0.3) is 5.91 Å². The van der Waals surface area contributed by atoms with Gasteiger partial charge >= 0.3 is 0 Å². The maximum Gasteiger partial charge on any atom is 0.255 e. The normalized spacial score (nSPS) is 15.4. The minimum atomic E-state index is -0.637. The first kappa shape index (κ1) is 25.9. The second kappa shape index (κ2) is 13.2. The van der Waals surface area contributed by atoms with Crippen molar-refractivity contribution in [2.24, 2.45) is 0 Å². The fourth-order valence-corrected chi connectivity index (χ4v) is 4.80. The average Bonchev–Trinajstić information content (AvgIpc) is 3.41. The third-order valence-electron chi connectivity index (χ3n) is 6.13. The largest absolute Gasteiger partial charge is 0.496 e. The summed E-state index contributed by atoms with van der Waals surface area (Å²) in [6.07, 6.45) is 4.81. The number of ether oxygens (including phenoxy) is 2. The molecule has 2 amide bonds. The maximum atomic E-state index is 13.3. The molecule has 2 aromatic rings. The Morgan fingerprint density at radius 1 is 1.00 bits per heavy atom. The Balaban J connectivity index is 1.73. The maximum absolute atomic E-state index is 13.3. The van der Waals surface area contributed by atoms with Gasteiger partial charge in [-0.1, -0.05) is 30.3 Å². The number of nitrogens with one attached hydrogen (secondary N) is 2. The first-order valence-electron chi connectivity index (χ1n) is 11.7. The van der Waals surface area contributed by atoms with Gasteiger partial charge in [-0.05, 0) is 62.6 Å². The zero-order chi connectivity index (χ0) is 24.3. The molecule has 0 spiro atoms. The molecule has 0 aromatic heterocycles. The highest BCUT2D eigenvalue weighted by molar-refractivity contribution is 7.98. The molecule has 1 heterocycles. The van der Waals surface area contributed by atoms with Crippen molar-refractivity contribution in [3.05, 3.63) is 59.7 Å². The van der Waals surface area contributed by atoms with E-state index in [9.17, 15) is 9.59 Å². The van der Waals surface area contributed by atoms with Gasteiger partial charge in [0.15, 0.2) is 0 Å². The smallest absolute Gasteiger partial charge is 0.255 e. The molecule has 0 unspecified atom stereocenters. The van der Waals surface area contributed by atoms with Crippen LogP contribution in [0.1, 0.15) is 41.2 Å². The lowest BCUT2D eigenvalue weighted by molar-refractivity contribution is -0.123. The summed E-state index contributed by atoms with van der Waals surface area (Å²) in [5.41, 5.74) is 1.47. The van der Waals surface area contributed by atoms with E-state index in [-0.39, 0.29) is 17.9 Å². The van der Waals surface area contributed by atoms with Gasteiger partial charge in [0.1, 0.15) is 17.5 Å². The van der Waals surface area contributed by atoms with Crippen LogP contribution in [0.5, 0.6) is 11.5 Å². The Kier molecular flexibility index (Phi) is 10.1. The number of carbonyl (C=O) groups is 2. The Labute approximate surface area is 206 Å². The lowest BCUT2D eigenvalue weighted by Crippen LogP contribution is -2.49. The molecule has 184 valence electrons. The summed E-state index contributed by atoms with van der Waals surface area (Å²) in [5, 5.41) is 6.03. The molecule has 2 aromatic carbocycles. The van der Waals surface area contributed by atoms with Crippen LogP contribution in [0.3, 0.4) is 0 Å². The number of thioether (sulfide) groups is 1. The van der Waals surface area contributed by atoms with Crippen molar-refractivity contribution < 1.29 is 19.1 Å². The molecular formula is C26H35N3O4S. The zero-order valence-corrected chi connectivity index (χ0v) is 21.0. The third kappa shape index (κ3) is 6.67. The highest BCUT2D eigenvalue weighted by Crippen LogP contribution is 2.31. The molecule has 0 bridgehead atoms. The predicted molar refractivity (Wildman–Crippen MR) is 137 cm³/mol. The molecule has 2 atom stereocenters. The molecule has 1 aliphatic heterocycles. The van der Waals surface area contributed by atoms with Crippen LogP contribution in [0.4, 0.5) is 0 Å². The Morgan fingerprint density at radius 2 is 1.65 bits per heavy atom. The SMILES string of the molecule is COc1ccccc1C(=O)N[C@H](CCSC)C(=O)NC[C@H](c1ccccc1OC)N1CCCC1. The number of amides is 2. The summed E-state index contributed by atoms with van der Waals surface area (Å²) < 4.78 is 10.9. The number of hydrogen-bond acceptors (Lipinski definition) is 6. The Hall–Kier alpha value is -2.71. The van der Waals surface area contributed by atoms with Crippen LogP contribution in [-0.2, 0) is 4.79 Å². The van der Waals surface area contributed by atoms with Crippen molar-refractivity contribution in [1.82, 2.24) is 15.5 Å². The fraction of sp³-hybridized carbons (Fsp3) is 0.462. The first-order chi connectivity index (χ1) is 16.6. The number of likely N-dealkylation sites (tertiary alicyclic amines) is 1. The zero-order valence-electron chi connectivity index (χ0n) is 20.2. The summed E-state index contributed by atoms with van der Waals surface area (Å²) in [6, 6.07) is 14.4. The molecule has 0 radical (unpaired) electrons. The van der Waals surface area contributed by atoms with Crippen LogP contribution in [0.25, 0.3) is 0 Å². The number of carbonyl (C=O) groups excluding carboxylic acids is 2. The fourth-order valence-electron chi connectivity index (χ4n) is 4.32. The standard InChI is InChI=1S/C26H35N3O4S/c1-32-23-12-6-4-10-19(23)22(29-15-8-9-16-29)18-27-26(31)21(14-17-34-3)28-25(30)20-11-5-7-13-24(20)33-2/h4-7,10-13,21-22H,8-9,14-18H2,1-3H3,(H,27,31)(H,28,30)/t21-,22-/m1/s1. The molecule has 0 aliphatic carbocycles. The monoisotopic (exact) mass is 485 g/mol. The minimum absolute atomic E-state index is 0.00807. The third-order valence-corrected chi connectivity index (χ3v) is 6.78. The number of hydrogen-bond donors (Lipinski definition) is 2. The highest BCUT2D eigenvalue weighted by atomic mass is 32.2. The first-order valence-corrected chi connectivity index (χ1v) is 13.1. The number of rotatable bonds is 12. The van der Waals surface area contributed by atoms with E-state index in [1.165, 1.54) is 7.11 Å². The van der Waals surface area contributed by atoms with Crippen molar-refractivity contribution in [3.8, 4) is 11.5 Å². The molecule has 2 N–H and O–H groups in total. The lowest BCUT2D eigenvalue weighted by atomic mass is 10.0. The second-order valence-electron chi connectivity index (χ2n) is 8.25. The van der Waals surface area contributed by atoms with Crippen LogP contribution >= 0.6 is 11.8 Å². The molecule has 1 aliphatic rings. The predicted octanol–water partition coefficient (Wildman–Crippen LogP) is 3.51. The van der Waals surface area contributed by atoms with Crippen LogP contribution < -0.4 is 20.1 Å². The van der Waals surface area contributed by atoms with Gasteiger partial charge in [-0.25, -0.2) is 0 Å². The van der Waals surface area contributed by atoms with Gasteiger partial charge in [-0.2, -0.15) is 11.8 Å². The van der Waals surface area contributed by atoms with Gasteiger partial charge < -0.3 is 20.1 Å². The molecule has 1 saturated heterocycles. The molecular weight excluding hydrogens is 450 g/mol. The molecule has 3 rings (SSSR count). The van der Waals surface area contributed by atoms with Gasteiger partial charge in [0.2, 0.25) is 5.91 Å². The van der Waals surface area contributed by atoms with Crippen LogP contribution in [0.15, 0.2) is 48.5 Å². The van der Waals surface area contributed by atoms with Crippen molar-refractivity contribution in [1.29, 1.82) is 0 Å². The summed E-state index contributed by atoms with van der Waals surface area (Å²) in [5.74, 6) is 1.55. The van der Waals surface area contributed by atoms with E-state index in [2.05, 4.69) is 21.6 Å². The van der Waals surface area contributed by atoms with Crippen molar-refractivity contribution >= 4 is 23.6 Å². The number of nitrogens with zero attached hydrogens (tertiary/aromatic N) is 1. The molecule has 8 heteroatoms. The lowest BCUT2D eigenvalue weighted by Gasteiger charge is -2.30. The van der Waals surface area contributed by atoms with Gasteiger partial charge in [-0.15, -0.1) is 0 Å². The molecule has 1 fully saturated rings. The highest BCUT2D eigenvalue weighted by Gasteiger charge is 2.28. The van der Waals surface area contributed by atoms with E-state index < -0.39 is 6.04 Å². The molecule has 34 heavy (non-hydrogen) atoms. The van der Waals surface area contributed by atoms with E-state index in [0.29, 0.717) is 24.3 Å². The Bertz CT molecular complexity index is 949. The second-order valence-corrected chi connectivity index (χ2v) is 9.24. The summed E-state index contributed by atoms with van der Waals surface area (Å²) in [7, 11) is 3.20. The van der Waals surface area contributed by atoms with Gasteiger partial charge in [-0.3, -0.25) is 14.5 Å². The number of benzene rings is 2. The van der Waals surface area contributed by atoms with E-state index in [1.54, 1.807) is 37.1 Å². The van der Waals surface area contributed by atoms with Crippen LogP contribution in [-0.4, -0.2) is 68.6 Å². The average molecular weight is 486 g/mol. The summed E-state index contributed by atoms with van der Waals surface area (Å²) >= 11 is 1.64. The summed E-state index contributed by atoms with van der Waals surface area (Å²) in [4.78, 5) is 28.6. The minimum Gasteiger partial charge on any atom is -0.496 e. The quantitative estimate of drug-likeness (QED) is 0.479. The van der Waals surface area contributed by atoms with E-state index >= 15 is 0 Å². The van der Waals surface area contributed by atoms with Crippen molar-refractivity contribution in [2.45, 2.75) is 31.3 Å². The van der Waals surface area contributed by atoms with Crippen LogP contribution in [0, 0.1) is 0 Å². The van der Waals surface area contributed by atoms with Gasteiger partial charge in [0.05, 0.1) is 25.8 Å². The van der Waals surface area contributed by atoms with E-state index in [0.717, 1.165) is 43.0 Å². The molecule has 7 nitrogen and oxygen atoms in total. The number of methoxy groups -OCH3 is 2. The van der Waals surface area contributed by atoms with E-state index in [1.807, 2.05) is 30.5 Å². The molecule has 0 saturated carbocycles. The van der Waals surface area contributed by atoms with Crippen molar-refractivity contribution in [3.63, 3.8) is 0 Å². The van der Waals surface area contributed by atoms with Gasteiger partial charge in [0, 0.05) is 12.1 Å². The van der Waals surface area contributed by atoms with E-state index in [4.69, 9.17) is 9.47 Å². The topological polar surface area (TPSA) is 79.9 Å². The number of para-hydroxylation sites is 2. The Morgan fingerprint density at radius 3 is 2.32 bits per heavy atom. The van der Waals surface area contributed by atoms with Crippen LogP contribution in [0.2, 0.25) is 0 Å². The summed E-state index contributed by atoms with van der Waals surface area (Å²) in [6.45, 7) is 2.41.